The van der Waals surface area contributed by atoms with Crippen LogP contribution in [0.25, 0.3) is 10.2 Å². The monoisotopic (exact) mass is 437 g/mol. The van der Waals surface area contributed by atoms with E-state index in [4.69, 9.17) is 4.74 Å². The number of carbonyl (C=O) groups excluding carboxylic acids is 1. The minimum atomic E-state index is -0.171. The lowest BCUT2D eigenvalue weighted by Gasteiger charge is -2.21. The van der Waals surface area contributed by atoms with Gasteiger partial charge in [0.15, 0.2) is 5.13 Å². The number of carbonyl (C=O) groups is 1. The maximum atomic E-state index is 13.2. The molecular weight excluding hydrogens is 418 g/mol. The first-order chi connectivity index (χ1) is 12.4. The van der Waals surface area contributed by atoms with Gasteiger partial charge in [0, 0.05) is 30.8 Å². The van der Waals surface area contributed by atoms with Crippen LogP contribution < -0.4 is 9.64 Å². The fourth-order valence-electron chi connectivity index (χ4n) is 2.50. The average Bonchev–Trinajstić information content (AvgIpc) is 3.17. The van der Waals surface area contributed by atoms with Crippen molar-refractivity contribution in [3.63, 3.8) is 0 Å². The van der Waals surface area contributed by atoms with E-state index in [2.05, 4.69) is 26.0 Å². The van der Waals surface area contributed by atoms with Gasteiger partial charge in [-0.1, -0.05) is 27.3 Å². The van der Waals surface area contributed by atoms with Crippen LogP contribution in [0.5, 0.6) is 5.88 Å². The van der Waals surface area contributed by atoms with Crippen LogP contribution in [0.1, 0.15) is 10.4 Å². The third kappa shape index (κ3) is 3.89. The quantitative estimate of drug-likeness (QED) is 0.592. The van der Waals surface area contributed by atoms with Crippen LogP contribution in [0.15, 0.2) is 28.9 Å². The molecule has 1 aromatic carbocycles. The van der Waals surface area contributed by atoms with E-state index in [0.717, 1.165) is 14.7 Å². The molecule has 0 saturated carbocycles. The second-order valence-corrected chi connectivity index (χ2v) is 8.02. The number of rotatable bonds is 6. The zero-order chi connectivity index (χ0) is 18.8. The van der Waals surface area contributed by atoms with E-state index in [9.17, 15) is 4.79 Å². The van der Waals surface area contributed by atoms with Gasteiger partial charge in [-0.25, -0.2) is 4.98 Å². The molecular formula is C17H20BrN5O2S. The van der Waals surface area contributed by atoms with Crippen molar-refractivity contribution in [1.29, 1.82) is 0 Å². The molecule has 2 aromatic heterocycles. The van der Waals surface area contributed by atoms with Gasteiger partial charge in [0.25, 0.3) is 5.91 Å². The third-order valence-electron chi connectivity index (χ3n) is 3.80. The fourth-order valence-corrected chi connectivity index (χ4v) is 4.04. The van der Waals surface area contributed by atoms with Gasteiger partial charge in [0.2, 0.25) is 5.88 Å². The maximum Gasteiger partial charge on any atom is 0.267 e. The van der Waals surface area contributed by atoms with Crippen LogP contribution in [0.4, 0.5) is 5.13 Å². The Morgan fingerprint density at radius 2 is 2.12 bits per heavy atom. The number of fused-ring (bicyclic) bond motifs is 1. The highest BCUT2D eigenvalue weighted by atomic mass is 79.9. The van der Waals surface area contributed by atoms with Crippen LogP contribution in [-0.4, -0.2) is 59.9 Å². The highest BCUT2D eigenvalue weighted by molar-refractivity contribution is 9.10. The summed E-state index contributed by atoms with van der Waals surface area (Å²) in [7, 11) is 7.22. The molecule has 0 aliphatic rings. The number of nitrogens with zero attached hydrogens (tertiary/aromatic N) is 5. The summed E-state index contributed by atoms with van der Waals surface area (Å²) in [5.41, 5.74) is 1.29. The Morgan fingerprint density at radius 3 is 2.81 bits per heavy atom. The third-order valence-corrected chi connectivity index (χ3v) is 5.34. The normalized spacial score (nSPS) is 11.3. The molecule has 0 N–H and O–H groups in total. The molecule has 0 bridgehead atoms. The second-order valence-electron chi connectivity index (χ2n) is 6.09. The Kier molecular flexibility index (Phi) is 5.59. The Hall–Kier alpha value is -1.97. The van der Waals surface area contributed by atoms with E-state index in [-0.39, 0.29) is 5.91 Å². The lowest BCUT2D eigenvalue weighted by molar-refractivity contribution is 0.0982. The molecule has 0 saturated heterocycles. The fraction of sp³-hybridized carbons (Fsp3) is 0.353. The van der Waals surface area contributed by atoms with Crippen molar-refractivity contribution in [2.24, 2.45) is 7.05 Å². The number of ether oxygens (including phenoxy) is 1. The average molecular weight is 438 g/mol. The minimum Gasteiger partial charge on any atom is -0.479 e. The molecule has 0 spiro atoms. The molecule has 3 aromatic rings. The Morgan fingerprint density at radius 1 is 1.35 bits per heavy atom. The van der Waals surface area contributed by atoms with Gasteiger partial charge < -0.3 is 9.64 Å². The molecule has 0 fully saturated rings. The van der Waals surface area contributed by atoms with Crippen molar-refractivity contribution < 1.29 is 9.53 Å². The number of aryl methyl sites for hydroxylation is 1. The van der Waals surface area contributed by atoms with Crippen molar-refractivity contribution in [3.05, 3.63) is 34.4 Å². The van der Waals surface area contributed by atoms with Crippen LogP contribution in [0.3, 0.4) is 0 Å². The highest BCUT2D eigenvalue weighted by Gasteiger charge is 2.26. The Labute approximate surface area is 164 Å². The number of hydrogen-bond acceptors (Lipinski definition) is 6. The lowest BCUT2D eigenvalue weighted by Crippen LogP contribution is -2.36. The predicted molar refractivity (Wildman–Crippen MR) is 107 cm³/mol. The standard InChI is InChI=1S/C17H20BrN5O2S/c1-21(2)7-8-23(16(24)12-10-22(3)20-15(12)25-4)17-19-13-6-5-11(18)9-14(13)26-17/h5-6,9-10H,7-8H2,1-4H3. The smallest absolute Gasteiger partial charge is 0.267 e. The number of likely N-dealkylation sites (N-methyl/N-ethyl adjacent to an activating group) is 1. The second kappa shape index (κ2) is 7.73. The van der Waals surface area contributed by atoms with Gasteiger partial charge in [-0.3, -0.25) is 14.4 Å². The van der Waals surface area contributed by atoms with Gasteiger partial charge in [0.05, 0.1) is 17.3 Å². The molecule has 0 aliphatic heterocycles. The molecule has 0 unspecified atom stereocenters. The first kappa shape index (κ1) is 18.8. The summed E-state index contributed by atoms with van der Waals surface area (Å²) in [6, 6.07) is 5.90. The van der Waals surface area contributed by atoms with Crippen LogP contribution in [0, 0.1) is 0 Å². The molecule has 0 aliphatic carbocycles. The van der Waals surface area contributed by atoms with E-state index in [1.54, 1.807) is 22.8 Å². The van der Waals surface area contributed by atoms with E-state index in [1.165, 1.54) is 18.4 Å². The molecule has 2 heterocycles. The summed E-state index contributed by atoms with van der Waals surface area (Å²) >= 11 is 4.97. The van der Waals surface area contributed by atoms with Crippen LogP contribution >= 0.6 is 27.3 Å². The number of halogens is 1. The summed E-state index contributed by atoms with van der Waals surface area (Å²) < 4.78 is 8.85. The molecule has 9 heteroatoms. The van der Waals surface area contributed by atoms with E-state index < -0.39 is 0 Å². The first-order valence-corrected chi connectivity index (χ1v) is 9.60. The molecule has 138 valence electrons. The topological polar surface area (TPSA) is 63.5 Å². The van der Waals surface area contributed by atoms with E-state index >= 15 is 0 Å². The Balaban J connectivity index is 2.01. The van der Waals surface area contributed by atoms with Crippen molar-refractivity contribution in [3.8, 4) is 5.88 Å². The van der Waals surface area contributed by atoms with Gasteiger partial charge in [-0.05, 0) is 32.3 Å². The molecule has 7 nitrogen and oxygen atoms in total. The van der Waals surface area contributed by atoms with Gasteiger partial charge >= 0.3 is 0 Å². The van der Waals surface area contributed by atoms with Crippen LogP contribution in [0.2, 0.25) is 0 Å². The number of anilines is 1. The zero-order valence-corrected chi connectivity index (χ0v) is 17.5. The SMILES string of the molecule is COc1nn(C)cc1C(=O)N(CCN(C)C)c1nc2ccc(Br)cc2s1. The summed E-state index contributed by atoms with van der Waals surface area (Å²) in [5, 5.41) is 4.85. The molecule has 1 amide bonds. The summed E-state index contributed by atoms with van der Waals surface area (Å²) in [6.45, 7) is 1.23. The number of hydrogen-bond donors (Lipinski definition) is 0. The Bertz CT molecular complexity index is 937. The number of amides is 1. The number of benzene rings is 1. The summed E-state index contributed by atoms with van der Waals surface area (Å²) in [5.74, 6) is 0.145. The number of aromatic nitrogens is 3. The number of thiazole rings is 1. The lowest BCUT2D eigenvalue weighted by atomic mass is 10.3. The van der Waals surface area contributed by atoms with Crippen LogP contribution in [-0.2, 0) is 7.05 Å². The van der Waals surface area contributed by atoms with Crippen molar-refractivity contribution in [1.82, 2.24) is 19.7 Å². The first-order valence-electron chi connectivity index (χ1n) is 7.99. The van der Waals surface area contributed by atoms with Crippen molar-refractivity contribution >= 4 is 48.5 Å². The van der Waals surface area contributed by atoms with Gasteiger partial charge in [0.1, 0.15) is 5.56 Å². The van der Waals surface area contributed by atoms with Gasteiger partial charge in [-0.2, -0.15) is 0 Å². The maximum absolute atomic E-state index is 13.2. The minimum absolute atomic E-state index is 0.171. The molecule has 0 radical (unpaired) electrons. The summed E-state index contributed by atoms with van der Waals surface area (Å²) in [4.78, 5) is 21.6. The number of methoxy groups -OCH3 is 1. The van der Waals surface area contributed by atoms with E-state index in [1.807, 2.05) is 37.2 Å². The molecule has 3 rings (SSSR count). The van der Waals surface area contributed by atoms with Gasteiger partial charge in [-0.15, -0.1) is 5.10 Å². The molecule has 26 heavy (non-hydrogen) atoms. The van der Waals surface area contributed by atoms with Crippen molar-refractivity contribution in [2.75, 3.05) is 39.2 Å². The van der Waals surface area contributed by atoms with Crippen molar-refractivity contribution in [2.45, 2.75) is 0 Å². The predicted octanol–water partition coefficient (Wildman–Crippen LogP) is 3.01. The summed E-state index contributed by atoms with van der Waals surface area (Å²) in [6.07, 6.45) is 1.67. The highest BCUT2D eigenvalue weighted by Crippen LogP contribution is 2.32. The van der Waals surface area contributed by atoms with E-state index in [0.29, 0.717) is 29.7 Å². The largest absolute Gasteiger partial charge is 0.479 e. The molecule has 0 atom stereocenters. The zero-order valence-electron chi connectivity index (χ0n) is 15.1.